The molecule has 1 amide bonds. The summed E-state index contributed by atoms with van der Waals surface area (Å²) < 4.78 is -0.228. The highest BCUT2D eigenvalue weighted by atomic mass is 32.2. The zero-order chi connectivity index (χ0) is 15.0. The Morgan fingerprint density at radius 3 is 2.55 bits per heavy atom. The zero-order valence-corrected chi connectivity index (χ0v) is 13.5. The Morgan fingerprint density at radius 1 is 1.30 bits per heavy atom. The summed E-state index contributed by atoms with van der Waals surface area (Å²) in [5.74, 6) is -0.0518. The van der Waals surface area contributed by atoms with Gasteiger partial charge in [0.1, 0.15) is 0 Å². The molecule has 112 valence electrons. The van der Waals surface area contributed by atoms with Crippen molar-refractivity contribution in [3.63, 3.8) is 0 Å². The number of nitrogens with one attached hydrogen (secondary N) is 1. The van der Waals surface area contributed by atoms with Gasteiger partial charge >= 0.3 is 0 Å². The number of rotatable bonds is 8. The molecule has 0 radical (unpaired) electrons. The Labute approximate surface area is 126 Å². The van der Waals surface area contributed by atoms with Crippen LogP contribution in [-0.4, -0.2) is 29.5 Å². The summed E-state index contributed by atoms with van der Waals surface area (Å²) in [5, 5.41) is 2.93. The number of aryl methyl sites for hydroxylation is 1. The van der Waals surface area contributed by atoms with Gasteiger partial charge in [-0.15, -0.1) is 0 Å². The largest absolute Gasteiger partial charge is 0.355 e. The molecule has 4 heteroatoms. The minimum atomic E-state index is -0.466. The van der Waals surface area contributed by atoms with Gasteiger partial charge in [0.15, 0.2) is 0 Å². The number of benzene rings is 1. The molecule has 0 aliphatic rings. The second kappa shape index (κ2) is 8.32. The van der Waals surface area contributed by atoms with E-state index in [1.165, 1.54) is 5.56 Å². The highest BCUT2D eigenvalue weighted by Crippen LogP contribution is 2.24. The van der Waals surface area contributed by atoms with Crippen molar-refractivity contribution in [2.75, 3.05) is 12.8 Å². The first-order valence-corrected chi connectivity index (χ1v) is 8.32. The van der Waals surface area contributed by atoms with Crippen LogP contribution < -0.4 is 11.1 Å². The Bertz CT molecular complexity index is 406. The fourth-order valence-electron chi connectivity index (χ4n) is 1.86. The third-order valence-electron chi connectivity index (χ3n) is 3.59. The minimum Gasteiger partial charge on any atom is -0.355 e. The predicted octanol–water partition coefficient (Wildman–Crippen LogP) is 2.59. The minimum absolute atomic E-state index is 0.0518. The van der Waals surface area contributed by atoms with Crippen molar-refractivity contribution < 1.29 is 4.79 Å². The number of hydrogen-bond acceptors (Lipinski definition) is 3. The molecule has 0 bridgehead atoms. The van der Waals surface area contributed by atoms with Crippen LogP contribution in [0.1, 0.15) is 32.3 Å². The van der Waals surface area contributed by atoms with E-state index in [4.69, 9.17) is 5.73 Å². The molecule has 1 rings (SSSR count). The molecule has 0 saturated heterocycles. The number of amides is 1. The molecule has 1 atom stereocenters. The van der Waals surface area contributed by atoms with E-state index in [2.05, 4.69) is 29.6 Å². The molecule has 0 unspecified atom stereocenters. The van der Waals surface area contributed by atoms with Crippen molar-refractivity contribution in [3.05, 3.63) is 35.9 Å². The molecule has 0 fully saturated rings. The Morgan fingerprint density at radius 2 is 1.95 bits per heavy atom. The van der Waals surface area contributed by atoms with Gasteiger partial charge in [-0.05, 0) is 44.9 Å². The van der Waals surface area contributed by atoms with Gasteiger partial charge in [-0.2, -0.15) is 11.8 Å². The van der Waals surface area contributed by atoms with Crippen LogP contribution in [-0.2, 0) is 11.2 Å². The maximum absolute atomic E-state index is 11.9. The van der Waals surface area contributed by atoms with Crippen molar-refractivity contribution in [3.8, 4) is 0 Å². The molecule has 0 spiro atoms. The average molecular weight is 294 g/mol. The van der Waals surface area contributed by atoms with Crippen molar-refractivity contribution in [1.29, 1.82) is 0 Å². The summed E-state index contributed by atoms with van der Waals surface area (Å²) in [4.78, 5) is 11.9. The fourth-order valence-corrected chi connectivity index (χ4v) is 2.22. The van der Waals surface area contributed by atoms with Crippen LogP contribution in [0.3, 0.4) is 0 Å². The third-order valence-corrected chi connectivity index (χ3v) is 4.90. The van der Waals surface area contributed by atoms with Crippen molar-refractivity contribution >= 4 is 17.7 Å². The SMILES string of the molecule is CSC(C)(C)[C@H](N)C(=O)NCCCCc1ccccc1. The molecule has 3 nitrogen and oxygen atoms in total. The molecule has 0 aliphatic carbocycles. The maximum Gasteiger partial charge on any atom is 0.238 e. The van der Waals surface area contributed by atoms with E-state index < -0.39 is 6.04 Å². The summed E-state index contributed by atoms with van der Waals surface area (Å²) in [5.41, 5.74) is 7.32. The number of nitrogens with two attached hydrogens (primary N) is 1. The Hall–Kier alpha value is -1.00. The van der Waals surface area contributed by atoms with Crippen LogP contribution in [0.4, 0.5) is 0 Å². The van der Waals surface area contributed by atoms with Crippen LogP contribution in [0.5, 0.6) is 0 Å². The molecule has 1 aromatic rings. The first-order valence-electron chi connectivity index (χ1n) is 7.09. The molecule has 1 aromatic carbocycles. The molecular weight excluding hydrogens is 268 g/mol. The van der Waals surface area contributed by atoms with E-state index >= 15 is 0 Å². The fraction of sp³-hybridized carbons (Fsp3) is 0.562. The summed E-state index contributed by atoms with van der Waals surface area (Å²) >= 11 is 1.62. The van der Waals surface area contributed by atoms with E-state index in [9.17, 15) is 4.79 Å². The summed E-state index contributed by atoms with van der Waals surface area (Å²) in [6.45, 7) is 4.69. The molecule has 0 aromatic heterocycles. The van der Waals surface area contributed by atoms with Crippen LogP contribution in [0.2, 0.25) is 0 Å². The Kier molecular flexibility index (Phi) is 7.10. The number of carbonyl (C=O) groups is 1. The van der Waals surface area contributed by atoms with Gasteiger partial charge in [0, 0.05) is 11.3 Å². The van der Waals surface area contributed by atoms with Crippen LogP contribution >= 0.6 is 11.8 Å². The van der Waals surface area contributed by atoms with Crippen molar-refractivity contribution in [2.24, 2.45) is 5.73 Å². The van der Waals surface area contributed by atoms with E-state index in [1.54, 1.807) is 11.8 Å². The lowest BCUT2D eigenvalue weighted by molar-refractivity contribution is -0.122. The molecule has 0 aliphatic heterocycles. The number of thioether (sulfide) groups is 1. The number of hydrogen-bond donors (Lipinski definition) is 2. The van der Waals surface area contributed by atoms with Gasteiger partial charge < -0.3 is 11.1 Å². The average Bonchev–Trinajstić information content (AvgIpc) is 2.47. The third kappa shape index (κ3) is 5.55. The second-order valence-corrected chi connectivity index (χ2v) is 6.98. The first-order chi connectivity index (χ1) is 9.47. The van der Waals surface area contributed by atoms with Gasteiger partial charge in [0.05, 0.1) is 6.04 Å². The topological polar surface area (TPSA) is 55.1 Å². The maximum atomic E-state index is 11.9. The summed E-state index contributed by atoms with van der Waals surface area (Å²) in [6.07, 6.45) is 5.09. The van der Waals surface area contributed by atoms with E-state index in [-0.39, 0.29) is 10.7 Å². The van der Waals surface area contributed by atoms with Crippen molar-refractivity contribution in [1.82, 2.24) is 5.32 Å². The number of carbonyl (C=O) groups excluding carboxylic acids is 1. The molecule has 20 heavy (non-hydrogen) atoms. The zero-order valence-electron chi connectivity index (χ0n) is 12.7. The predicted molar refractivity (Wildman–Crippen MR) is 88.0 cm³/mol. The van der Waals surface area contributed by atoms with E-state index in [0.29, 0.717) is 6.54 Å². The highest BCUT2D eigenvalue weighted by molar-refractivity contribution is 8.00. The lowest BCUT2D eigenvalue weighted by atomic mass is 10.0. The number of unbranched alkanes of at least 4 members (excludes halogenated alkanes) is 1. The molecule has 0 heterocycles. The van der Waals surface area contributed by atoms with Crippen LogP contribution in [0, 0.1) is 0 Å². The van der Waals surface area contributed by atoms with Crippen LogP contribution in [0.25, 0.3) is 0 Å². The smallest absolute Gasteiger partial charge is 0.238 e. The highest BCUT2D eigenvalue weighted by Gasteiger charge is 2.30. The lowest BCUT2D eigenvalue weighted by Crippen LogP contribution is -2.52. The second-order valence-electron chi connectivity index (χ2n) is 5.52. The molecule has 3 N–H and O–H groups in total. The van der Waals surface area contributed by atoms with Crippen LogP contribution in [0.15, 0.2) is 30.3 Å². The van der Waals surface area contributed by atoms with E-state index in [1.807, 2.05) is 26.2 Å². The quantitative estimate of drug-likeness (QED) is 0.725. The van der Waals surface area contributed by atoms with Crippen molar-refractivity contribution in [2.45, 2.75) is 43.9 Å². The van der Waals surface area contributed by atoms with Gasteiger partial charge in [-0.25, -0.2) is 0 Å². The van der Waals surface area contributed by atoms with Gasteiger partial charge in [0.2, 0.25) is 5.91 Å². The normalized spacial score (nSPS) is 13.0. The summed E-state index contributed by atoms with van der Waals surface area (Å²) in [6, 6.07) is 9.94. The molecule has 0 saturated carbocycles. The lowest BCUT2D eigenvalue weighted by Gasteiger charge is -2.28. The summed E-state index contributed by atoms with van der Waals surface area (Å²) in [7, 11) is 0. The Balaban J connectivity index is 2.19. The monoisotopic (exact) mass is 294 g/mol. The molecular formula is C16H26N2OS. The standard InChI is InChI=1S/C16H26N2OS/c1-16(2,20-3)14(17)15(19)18-12-8-7-11-13-9-5-4-6-10-13/h4-6,9-10,14H,7-8,11-12,17H2,1-3H3,(H,18,19)/t14-/m1/s1. The first kappa shape index (κ1) is 17.1. The van der Waals surface area contributed by atoms with Gasteiger partial charge in [-0.3, -0.25) is 4.79 Å². The van der Waals surface area contributed by atoms with Gasteiger partial charge in [0.25, 0.3) is 0 Å². The van der Waals surface area contributed by atoms with E-state index in [0.717, 1.165) is 19.3 Å². The van der Waals surface area contributed by atoms with Gasteiger partial charge in [-0.1, -0.05) is 30.3 Å².